The number of benzene rings is 1. The number of nitrogens with two attached hydrogens (primary N) is 1. The summed E-state index contributed by atoms with van der Waals surface area (Å²) in [6.45, 7) is 2.39. The number of primary amides is 1. The number of hydrogen-bond donors (Lipinski definition) is 3. The smallest absolute Gasteiger partial charge is 0.238 e. The second kappa shape index (κ2) is 6.98. The van der Waals surface area contributed by atoms with Gasteiger partial charge in [-0.15, -0.1) is 0 Å². The van der Waals surface area contributed by atoms with Crippen LogP contribution in [-0.4, -0.2) is 24.9 Å². The van der Waals surface area contributed by atoms with Crippen LogP contribution >= 0.6 is 11.6 Å². The Morgan fingerprint density at radius 1 is 1.39 bits per heavy atom. The molecule has 0 aliphatic heterocycles. The van der Waals surface area contributed by atoms with Crippen LogP contribution < -0.4 is 16.4 Å². The molecule has 5 nitrogen and oxygen atoms in total. The van der Waals surface area contributed by atoms with Crippen molar-refractivity contribution in [2.45, 2.75) is 13.3 Å². The molecule has 0 unspecified atom stereocenters. The van der Waals surface area contributed by atoms with Crippen molar-refractivity contribution in [2.24, 2.45) is 5.73 Å². The summed E-state index contributed by atoms with van der Waals surface area (Å²) < 4.78 is 0. The minimum absolute atomic E-state index is 0.124. The molecule has 0 atom stereocenters. The van der Waals surface area contributed by atoms with E-state index in [0.717, 1.165) is 5.56 Å². The van der Waals surface area contributed by atoms with Gasteiger partial charge in [-0.1, -0.05) is 17.7 Å². The minimum atomic E-state index is -0.395. The van der Waals surface area contributed by atoms with Crippen LogP contribution in [0.25, 0.3) is 0 Å². The van der Waals surface area contributed by atoms with E-state index in [1.165, 1.54) is 0 Å². The Kier molecular flexibility index (Phi) is 5.61. The molecule has 0 heterocycles. The highest BCUT2D eigenvalue weighted by Crippen LogP contribution is 2.19. The van der Waals surface area contributed by atoms with Gasteiger partial charge in [0.15, 0.2) is 0 Å². The van der Waals surface area contributed by atoms with Crippen molar-refractivity contribution >= 4 is 29.1 Å². The van der Waals surface area contributed by atoms with E-state index in [0.29, 0.717) is 17.3 Å². The molecule has 18 heavy (non-hydrogen) atoms. The SMILES string of the molecule is Cc1ccc(Cl)cc1NC(=O)CNCCC(N)=O. The molecule has 1 aromatic carbocycles. The number of carbonyl (C=O) groups excluding carboxylic acids is 2. The standard InChI is InChI=1S/C12H16ClN3O2/c1-8-2-3-9(13)6-10(8)16-12(18)7-15-5-4-11(14)17/h2-3,6,15H,4-5,7H2,1H3,(H2,14,17)(H,16,18). The second-order valence-electron chi connectivity index (χ2n) is 3.90. The third-order valence-electron chi connectivity index (χ3n) is 2.31. The van der Waals surface area contributed by atoms with Gasteiger partial charge in [-0.3, -0.25) is 9.59 Å². The van der Waals surface area contributed by atoms with Gasteiger partial charge >= 0.3 is 0 Å². The first-order valence-corrected chi connectivity index (χ1v) is 5.92. The van der Waals surface area contributed by atoms with Gasteiger partial charge in [-0.25, -0.2) is 0 Å². The molecule has 6 heteroatoms. The van der Waals surface area contributed by atoms with Crippen LogP contribution in [0.4, 0.5) is 5.69 Å². The number of carbonyl (C=O) groups is 2. The van der Waals surface area contributed by atoms with Gasteiger partial charge in [0, 0.05) is 23.7 Å². The summed E-state index contributed by atoms with van der Waals surface area (Å²) in [6, 6.07) is 5.29. The van der Waals surface area contributed by atoms with E-state index in [-0.39, 0.29) is 18.9 Å². The van der Waals surface area contributed by atoms with Crippen LogP contribution in [0.3, 0.4) is 0 Å². The van der Waals surface area contributed by atoms with Crippen LogP contribution in [0, 0.1) is 6.92 Å². The fourth-order valence-electron chi connectivity index (χ4n) is 1.34. The third-order valence-corrected chi connectivity index (χ3v) is 2.54. The number of hydrogen-bond acceptors (Lipinski definition) is 3. The van der Waals surface area contributed by atoms with Gasteiger partial charge < -0.3 is 16.4 Å². The molecule has 0 saturated heterocycles. The molecule has 0 fully saturated rings. The van der Waals surface area contributed by atoms with E-state index < -0.39 is 5.91 Å². The van der Waals surface area contributed by atoms with Gasteiger partial charge in [0.2, 0.25) is 11.8 Å². The summed E-state index contributed by atoms with van der Waals surface area (Å²) in [5.41, 5.74) is 6.59. The molecular formula is C12H16ClN3O2. The molecule has 4 N–H and O–H groups in total. The molecular weight excluding hydrogens is 254 g/mol. The lowest BCUT2D eigenvalue weighted by Gasteiger charge is -2.09. The maximum Gasteiger partial charge on any atom is 0.238 e. The lowest BCUT2D eigenvalue weighted by atomic mass is 10.2. The normalized spacial score (nSPS) is 10.1. The highest BCUT2D eigenvalue weighted by atomic mass is 35.5. The number of rotatable bonds is 6. The van der Waals surface area contributed by atoms with Gasteiger partial charge in [-0.2, -0.15) is 0 Å². The zero-order valence-corrected chi connectivity index (χ0v) is 10.9. The van der Waals surface area contributed by atoms with E-state index in [4.69, 9.17) is 17.3 Å². The molecule has 0 radical (unpaired) electrons. The Bertz CT molecular complexity index is 449. The lowest BCUT2D eigenvalue weighted by Crippen LogP contribution is -2.30. The Morgan fingerprint density at radius 3 is 2.78 bits per heavy atom. The van der Waals surface area contributed by atoms with Gasteiger partial charge in [0.25, 0.3) is 0 Å². The topological polar surface area (TPSA) is 84.2 Å². The number of amides is 2. The number of anilines is 1. The Labute approximate surface area is 111 Å². The van der Waals surface area contributed by atoms with E-state index in [1.807, 2.05) is 13.0 Å². The first-order valence-electron chi connectivity index (χ1n) is 5.54. The number of nitrogens with one attached hydrogen (secondary N) is 2. The van der Waals surface area contributed by atoms with Gasteiger partial charge in [-0.05, 0) is 24.6 Å². The summed E-state index contributed by atoms with van der Waals surface area (Å²) in [7, 11) is 0. The highest BCUT2D eigenvalue weighted by Gasteiger charge is 2.05. The monoisotopic (exact) mass is 269 g/mol. The Hall–Kier alpha value is -1.59. The van der Waals surface area contributed by atoms with E-state index in [9.17, 15) is 9.59 Å². The van der Waals surface area contributed by atoms with Crippen LogP contribution in [0.1, 0.15) is 12.0 Å². The average molecular weight is 270 g/mol. The molecule has 2 amide bonds. The highest BCUT2D eigenvalue weighted by molar-refractivity contribution is 6.31. The van der Waals surface area contributed by atoms with Crippen LogP contribution in [0.15, 0.2) is 18.2 Å². The maximum atomic E-state index is 11.6. The van der Waals surface area contributed by atoms with Crippen molar-refractivity contribution in [3.63, 3.8) is 0 Å². The first kappa shape index (κ1) is 14.5. The average Bonchev–Trinajstić information content (AvgIpc) is 2.29. The minimum Gasteiger partial charge on any atom is -0.370 e. The molecule has 1 rings (SSSR count). The zero-order chi connectivity index (χ0) is 13.5. The fourth-order valence-corrected chi connectivity index (χ4v) is 1.51. The number of aryl methyl sites for hydroxylation is 1. The molecule has 0 aromatic heterocycles. The first-order chi connectivity index (χ1) is 8.49. The lowest BCUT2D eigenvalue weighted by molar-refractivity contribution is -0.118. The van der Waals surface area contributed by atoms with Crippen molar-refractivity contribution in [3.8, 4) is 0 Å². The van der Waals surface area contributed by atoms with Crippen molar-refractivity contribution < 1.29 is 9.59 Å². The van der Waals surface area contributed by atoms with E-state index in [1.54, 1.807) is 12.1 Å². The third kappa shape index (κ3) is 5.16. The van der Waals surface area contributed by atoms with E-state index >= 15 is 0 Å². The van der Waals surface area contributed by atoms with Crippen molar-refractivity contribution in [1.29, 1.82) is 0 Å². The second-order valence-corrected chi connectivity index (χ2v) is 4.34. The van der Waals surface area contributed by atoms with E-state index in [2.05, 4.69) is 10.6 Å². The van der Waals surface area contributed by atoms with Crippen molar-refractivity contribution in [3.05, 3.63) is 28.8 Å². The molecule has 0 spiro atoms. The molecule has 0 aliphatic rings. The summed E-state index contributed by atoms with van der Waals surface area (Å²) >= 11 is 5.84. The summed E-state index contributed by atoms with van der Waals surface area (Å²) in [4.78, 5) is 22.1. The fraction of sp³-hybridized carbons (Fsp3) is 0.333. The van der Waals surface area contributed by atoms with Gasteiger partial charge in [0.05, 0.1) is 6.54 Å². The Morgan fingerprint density at radius 2 is 2.11 bits per heavy atom. The largest absolute Gasteiger partial charge is 0.370 e. The number of halogens is 1. The van der Waals surface area contributed by atoms with Gasteiger partial charge in [0.1, 0.15) is 0 Å². The Balaban J connectivity index is 2.40. The molecule has 0 aliphatic carbocycles. The summed E-state index contributed by atoms with van der Waals surface area (Å²) in [5, 5.41) is 6.13. The van der Waals surface area contributed by atoms with Crippen molar-refractivity contribution in [2.75, 3.05) is 18.4 Å². The summed E-state index contributed by atoms with van der Waals surface area (Å²) in [6.07, 6.45) is 0.212. The quantitative estimate of drug-likeness (QED) is 0.675. The maximum absolute atomic E-state index is 11.6. The zero-order valence-electron chi connectivity index (χ0n) is 10.1. The summed E-state index contributed by atoms with van der Waals surface area (Å²) in [5.74, 6) is -0.585. The van der Waals surface area contributed by atoms with Crippen LogP contribution in [0.5, 0.6) is 0 Å². The molecule has 0 bridgehead atoms. The predicted octanol–water partition coefficient (Wildman–Crippen LogP) is 1.05. The molecule has 1 aromatic rings. The predicted molar refractivity (Wildman–Crippen MR) is 71.5 cm³/mol. The molecule has 0 saturated carbocycles. The molecule has 98 valence electrons. The van der Waals surface area contributed by atoms with Crippen molar-refractivity contribution in [1.82, 2.24) is 5.32 Å². The van der Waals surface area contributed by atoms with Crippen LogP contribution in [-0.2, 0) is 9.59 Å². The van der Waals surface area contributed by atoms with Crippen LogP contribution in [0.2, 0.25) is 5.02 Å².